The second kappa shape index (κ2) is 3.49. The fraction of sp³-hybridized carbons (Fsp3) is 0. The molecule has 0 radical (unpaired) electrons. The number of hydrogen-bond acceptors (Lipinski definition) is 3. The highest BCUT2D eigenvalue weighted by molar-refractivity contribution is 6.40. The first-order chi connectivity index (χ1) is 7.18. The monoisotopic (exact) mass is 201 g/mol. The number of carboxylic acids is 1. The molecule has 1 aromatic carbocycles. The minimum atomic E-state index is -1.44. The molecule has 0 aliphatic rings. The first-order valence-corrected chi connectivity index (χ1v) is 4.30. The Morgan fingerprint density at radius 2 is 1.93 bits per heavy atom. The molecule has 0 amide bonds. The maximum absolute atomic E-state index is 11.2. The average molecular weight is 201 g/mol. The highest BCUT2D eigenvalue weighted by atomic mass is 16.4. The van der Waals surface area contributed by atoms with E-state index in [1.165, 1.54) is 6.07 Å². The predicted octanol–water partition coefficient (Wildman–Crippen LogP) is 1.50. The number of carboxylic acid groups (broad SMARTS) is 1. The Labute approximate surface area is 85.2 Å². The lowest BCUT2D eigenvalue weighted by molar-refractivity contribution is -0.131. The van der Waals surface area contributed by atoms with Crippen LogP contribution in [0.5, 0.6) is 0 Å². The number of benzene rings is 1. The van der Waals surface area contributed by atoms with Crippen molar-refractivity contribution in [2.75, 3.05) is 0 Å². The number of fused-ring (bicyclic) bond motifs is 1. The normalized spacial score (nSPS) is 10.1. The topological polar surface area (TPSA) is 67.3 Å². The number of carbonyl (C=O) groups excluding carboxylic acids is 1. The number of aliphatic carboxylic acids is 1. The van der Waals surface area contributed by atoms with E-state index in [0.717, 1.165) is 10.8 Å². The molecule has 0 atom stereocenters. The summed E-state index contributed by atoms with van der Waals surface area (Å²) in [5.74, 6) is -2.34. The van der Waals surface area contributed by atoms with Gasteiger partial charge in [0.25, 0.3) is 5.78 Å². The van der Waals surface area contributed by atoms with Crippen molar-refractivity contribution in [2.24, 2.45) is 0 Å². The molecule has 4 nitrogen and oxygen atoms in total. The maximum Gasteiger partial charge on any atom is 0.377 e. The van der Waals surface area contributed by atoms with Gasteiger partial charge in [-0.05, 0) is 17.5 Å². The molecule has 0 unspecified atom stereocenters. The second-order valence-corrected chi connectivity index (χ2v) is 3.07. The largest absolute Gasteiger partial charge is 0.475 e. The molecule has 1 heterocycles. The van der Waals surface area contributed by atoms with E-state index in [1.807, 2.05) is 0 Å². The summed E-state index contributed by atoms with van der Waals surface area (Å²) in [4.78, 5) is 25.6. The molecule has 0 saturated carbocycles. The quantitative estimate of drug-likeness (QED) is 0.590. The van der Waals surface area contributed by atoms with E-state index in [2.05, 4.69) is 4.98 Å². The number of pyridine rings is 1. The molecule has 1 aromatic heterocycles. The van der Waals surface area contributed by atoms with E-state index >= 15 is 0 Å². The van der Waals surface area contributed by atoms with Crippen LogP contribution < -0.4 is 0 Å². The van der Waals surface area contributed by atoms with Crippen molar-refractivity contribution in [3.8, 4) is 0 Å². The minimum Gasteiger partial charge on any atom is -0.475 e. The highest BCUT2D eigenvalue weighted by Crippen LogP contribution is 2.14. The summed E-state index contributed by atoms with van der Waals surface area (Å²) < 4.78 is 0. The van der Waals surface area contributed by atoms with Crippen LogP contribution in [0.25, 0.3) is 10.8 Å². The van der Waals surface area contributed by atoms with Crippen LogP contribution >= 0.6 is 0 Å². The Morgan fingerprint density at radius 1 is 1.13 bits per heavy atom. The molecule has 0 saturated heterocycles. The summed E-state index contributed by atoms with van der Waals surface area (Å²) in [6, 6.07) is 6.44. The Hall–Kier alpha value is -2.23. The zero-order chi connectivity index (χ0) is 10.8. The Balaban J connectivity index is 2.56. The van der Waals surface area contributed by atoms with E-state index < -0.39 is 11.8 Å². The van der Waals surface area contributed by atoms with Gasteiger partial charge in [-0.3, -0.25) is 9.78 Å². The fourth-order valence-corrected chi connectivity index (χ4v) is 1.35. The summed E-state index contributed by atoms with van der Waals surface area (Å²) in [6.45, 7) is 0. The molecular formula is C11H7NO3. The number of rotatable bonds is 2. The first kappa shape index (κ1) is 9.33. The summed E-state index contributed by atoms with van der Waals surface area (Å²) in [6.07, 6.45) is 3.25. The van der Waals surface area contributed by atoms with Crippen molar-refractivity contribution in [3.05, 3.63) is 42.2 Å². The number of ketones is 1. The van der Waals surface area contributed by atoms with Gasteiger partial charge in [0.15, 0.2) is 0 Å². The molecule has 4 heteroatoms. The molecule has 74 valence electrons. The number of carbonyl (C=O) groups is 2. The van der Waals surface area contributed by atoms with Gasteiger partial charge >= 0.3 is 5.97 Å². The van der Waals surface area contributed by atoms with Crippen LogP contribution in [-0.4, -0.2) is 21.8 Å². The van der Waals surface area contributed by atoms with Crippen LogP contribution in [0.3, 0.4) is 0 Å². The number of aromatic nitrogens is 1. The van der Waals surface area contributed by atoms with Gasteiger partial charge in [0.05, 0.1) is 0 Å². The summed E-state index contributed by atoms with van der Waals surface area (Å²) in [5, 5.41) is 10.2. The zero-order valence-corrected chi connectivity index (χ0v) is 7.68. The lowest BCUT2D eigenvalue weighted by Gasteiger charge is -1.99. The average Bonchev–Trinajstić information content (AvgIpc) is 2.27. The van der Waals surface area contributed by atoms with E-state index in [4.69, 9.17) is 5.11 Å². The van der Waals surface area contributed by atoms with Crippen LogP contribution in [-0.2, 0) is 4.79 Å². The standard InChI is InChI=1S/C11H7NO3/c13-10(11(14)15)8-1-2-9-6-12-4-3-7(9)5-8/h1-6H,(H,14,15). The van der Waals surface area contributed by atoms with Gasteiger partial charge in [0.2, 0.25) is 0 Å². The van der Waals surface area contributed by atoms with Gasteiger partial charge < -0.3 is 5.11 Å². The van der Waals surface area contributed by atoms with Crippen molar-refractivity contribution in [1.29, 1.82) is 0 Å². The molecule has 0 fully saturated rings. The van der Waals surface area contributed by atoms with E-state index in [-0.39, 0.29) is 5.56 Å². The van der Waals surface area contributed by atoms with Crippen molar-refractivity contribution in [2.45, 2.75) is 0 Å². The van der Waals surface area contributed by atoms with Crippen molar-refractivity contribution in [3.63, 3.8) is 0 Å². The second-order valence-electron chi connectivity index (χ2n) is 3.07. The van der Waals surface area contributed by atoms with Crippen LogP contribution in [0.1, 0.15) is 10.4 Å². The van der Waals surface area contributed by atoms with E-state index in [9.17, 15) is 9.59 Å². The molecular weight excluding hydrogens is 194 g/mol. The molecule has 0 aliphatic carbocycles. The van der Waals surface area contributed by atoms with Crippen LogP contribution in [0.2, 0.25) is 0 Å². The minimum absolute atomic E-state index is 0.182. The fourth-order valence-electron chi connectivity index (χ4n) is 1.35. The summed E-state index contributed by atoms with van der Waals surface area (Å²) in [5.41, 5.74) is 0.182. The third-order valence-electron chi connectivity index (χ3n) is 2.10. The highest BCUT2D eigenvalue weighted by Gasteiger charge is 2.14. The predicted molar refractivity (Wildman–Crippen MR) is 53.7 cm³/mol. The SMILES string of the molecule is O=C(O)C(=O)c1ccc2cnccc2c1. The number of hydrogen-bond donors (Lipinski definition) is 1. The van der Waals surface area contributed by atoms with Crippen molar-refractivity contribution < 1.29 is 14.7 Å². The van der Waals surface area contributed by atoms with Crippen LogP contribution in [0, 0.1) is 0 Å². The van der Waals surface area contributed by atoms with Gasteiger partial charge in [-0.1, -0.05) is 12.1 Å². The first-order valence-electron chi connectivity index (χ1n) is 4.30. The van der Waals surface area contributed by atoms with Gasteiger partial charge in [0.1, 0.15) is 0 Å². The van der Waals surface area contributed by atoms with Crippen molar-refractivity contribution >= 4 is 22.5 Å². The van der Waals surface area contributed by atoms with Gasteiger partial charge in [-0.15, -0.1) is 0 Å². The Morgan fingerprint density at radius 3 is 2.67 bits per heavy atom. The zero-order valence-electron chi connectivity index (χ0n) is 7.68. The van der Waals surface area contributed by atoms with E-state index in [1.54, 1.807) is 30.6 Å². The van der Waals surface area contributed by atoms with E-state index in [0.29, 0.717) is 0 Å². The lowest BCUT2D eigenvalue weighted by Crippen LogP contribution is -2.12. The molecule has 2 rings (SSSR count). The molecule has 0 aliphatic heterocycles. The van der Waals surface area contributed by atoms with Crippen LogP contribution in [0.4, 0.5) is 0 Å². The summed E-state index contributed by atoms with van der Waals surface area (Å²) in [7, 11) is 0. The summed E-state index contributed by atoms with van der Waals surface area (Å²) >= 11 is 0. The Kier molecular flexibility index (Phi) is 2.17. The molecule has 2 aromatic rings. The molecule has 15 heavy (non-hydrogen) atoms. The third kappa shape index (κ3) is 1.69. The van der Waals surface area contributed by atoms with Gasteiger partial charge in [0, 0.05) is 23.3 Å². The molecule has 0 bridgehead atoms. The Bertz CT molecular complexity index is 548. The number of Topliss-reactive ketones (excluding diaryl/α,β-unsaturated/α-hetero) is 1. The maximum atomic E-state index is 11.2. The molecule has 0 spiro atoms. The third-order valence-corrected chi connectivity index (χ3v) is 2.10. The lowest BCUT2D eigenvalue weighted by atomic mass is 10.1. The van der Waals surface area contributed by atoms with Gasteiger partial charge in [-0.25, -0.2) is 4.79 Å². The van der Waals surface area contributed by atoms with Crippen LogP contribution in [0.15, 0.2) is 36.7 Å². The van der Waals surface area contributed by atoms with Gasteiger partial charge in [-0.2, -0.15) is 0 Å². The number of nitrogens with zero attached hydrogens (tertiary/aromatic N) is 1. The molecule has 1 N–H and O–H groups in total. The van der Waals surface area contributed by atoms with Crippen molar-refractivity contribution in [1.82, 2.24) is 4.98 Å². The smallest absolute Gasteiger partial charge is 0.377 e.